The summed E-state index contributed by atoms with van der Waals surface area (Å²) in [5, 5.41) is 2.99. The molecule has 0 aliphatic carbocycles. The van der Waals surface area contributed by atoms with Crippen LogP contribution in [0.15, 0.2) is 0 Å². The third-order valence-corrected chi connectivity index (χ3v) is 5.20. The summed E-state index contributed by atoms with van der Waals surface area (Å²) in [6.45, 7) is 8.79. The average molecular weight is 337 g/mol. The van der Waals surface area contributed by atoms with E-state index in [0.717, 1.165) is 25.8 Å². The first-order valence-electron chi connectivity index (χ1n) is 9.21. The van der Waals surface area contributed by atoms with Crippen LogP contribution in [0.3, 0.4) is 0 Å². The summed E-state index contributed by atoms with van der Waals surface area (Å²) in [5.41, 5.74) is -0.747. The van der Waals surface area contributed by atoms with Crippen molar-refractivity contribution in [3.63, 3.8) is 0 Å². The van der Waals surface area contributed by atoms with Crippen molar-refractivity contribution in [1.29, 1.82) is 0 Å². The van der Waals surface area contributed by atoms with Crippen LogP contribution in [0.5, 0.6) is 0 Å². The van der Waals surface area contributed by atoms with Crippen LogP contribution in [0, 0.1) is 5.92 Å². The first-order chi connectivity index (χ1) is 11.3. The molecule has 2 heterocycles. The Balaban J connectivity index is 1.87. The molecule has 0 saturated carbocycles. The van der Waals surface area contributed by atoms with Gasteiger partial charge in [-0.2, -0.15) is 0 Å². The summed E-state index contributed by atoms with van der Waals surface area (Å²) in [6.07, 6.45) is 4.23. The summed E-state index contributed by atoms with van der Waals surface area (Å²) >= 11 is 0. The predicted octanol–water partition coefficient (Wildman–Crippen LogP) is 1.54. The van der Waals surface area contributed by atoms with Crippen molar-refractivity contribution in [1.82, 2.24) is 15.1 Å². The molecule has 24 heavy (non-hydrogen) atoms. The van der Waals surface area contributed by atoms with E-state index in [9.17, 15) is 14.4 Å². The molecule has 0 aromatic rings. The fourth-order valence-corrected chi connectivity index (χ4v) is 3.53. The number of nitrogens with one attached hydrogen (secondary N) is 1. The summed E-state index contributed by atoms with van der Waals surface area (Å²) in [7, 11) is 0. The van der Waals surface area contributed by atoms with Gasteiger partial charge in [-0.3, -0.25) is 14.4 Å². The number of carbonyl (C=O) groups excluding carboxylic acids is 3. The molecule has 0 aromatic heterocycles. The second-order valence-electron chi connectivity index (χ2n) is 7.60. The maximum Gasteiger partial charge on any atom is 0.245 e. The maximum absolute atomic E-state index is 12.6. The third-order valence-electron chi connectivity index (χ3n) is 5.20. The van der Waals surface area contributed by atoms with Crippen molar-refractivity contribution >= 4 is 17.7 Å². The highest BCUT2D eigenvalue weighted by Crippen LogP contribution is 2.30. The molecule has 2 aliphatic heterocycles. The van der Waals surface area contributed by atoms with E-state index in [4.69, 9.17) is 0 Å². The molecule has 1 atom stereocenters. The Morgan fingerprint density at radius 2 is 1.96 bits per heavy atom. The molecule has 2 rings (SSSR count). The van der Waals surface area contributed by atoms with E-state index in [2.05, 4.69) is 19.2 Å². The number of likely N-dealkylation sites (tertiary alicyclic amines) is 2. The van der Waals surface area contributed by atoms with Crippen LogP contribution in [0.1, 0.15) is 59.3 Å². The lowest BCUT2D eigenvalue weighted by atomic mass is 9.97. The van der Waals surface area contributed by atoms with Crippen molar-refractivity contribution in [2.75, 3.05) is 26.2 Å². The summed E-state index contributed by atoms with van der Waals surface area (Å²) in [6, 6.07) is 0. The minimum Gasteiger partial charge on any atom is -0.354 e. The van der Waals surface area contributed by atoms with Crippen molar-refractivity contribution in [3.05, 3.63) is 0 Å². The van der Waals surface area contributed by atoms with Crippen LogP contribution in [-0.4, -0.2) is 59.2 Å². The molecular formula is C18H31N3O3. The smallest absolute Gasteiger partial charge is 0.245 e. The topological polar surface area (TPSA) is 69.7 Å². The molecule has 6 heteroatoms. The van der Waals surface area contributed by atoms with E-state index in [1.54, 1.807) is 4.90 Å². The van der Waals surface area contributed by atoms with E-state index < -0.39 is 5.54 Å². The fraction of sp³-hybridized carbons (Fsp3) is 0.833. The van der Waals surface area contributed by atoms with Gasteiger partial charge in [0, 0.05) is 39.0 Å². The molecule has 0 radical (unpaired) electrons. The molecular weight excluding hydrogens is 306 g/mol. The molecule has 6 nitrogen and oxygen atoms in total. The molecule has 3 amide bonds. The lowest BCUT2D eigenvalue weighted by molar-refractivity contribution is -0.140. The van der Waals surface area contributed by atoms with Gasteiger partial charge < -0.3 is 15.1 Å². The van der Waals surface area contributed by atoms with E-state index in [1.807, 2.05) is 11.8 Å². The van der Waals surface area contributed by atoms with Crippen LogP contribution in [-0.2, 0) is 14.4 Å². The maximum atomic E-state index is 12.6. The van der Waals surface area contributed by atoms with Gasteiger partial charge in [-0.05, 0) is 38.5 Å². The summed E-state index contributed by atoms with van der Waals surface area (Å²) in [5.74, 6) is 0.741. The zero-order chi connectivity index (χ0) is 17.7. The summed E-state index contributed by atoms with van der Waals surface area (Å²) < 4.78 is 0. The molecule has 1 N–H and O–H groups in total. The number of nitrogens with zero attached hydrogens (tertiary/aromatic N) is 2. The van der Waals surface area contributed by atoms with Crippen LogP contribution in [0.2, 0.25) is 0 Å². The Labute approximate surface area is 144 Å². The largest absolute Gasteiger partial charge is 0.354 e. The van der Waals surface area contributed by atoms with E-state index >= 15 is 0 Å². The minimum absolute atomic E-state index is 0.0456. The quantitative estimate of drug-likeness (QED) is 0.730. The summed E-state index contributed by atoms with van der Waals surface area (Å²) in [4.78, 5) is 40.1. The minimum atomic E-state index is -0.747. The molecule has 0 unspecified atom stereocenters. The Hall–Kier alpha value is -1.59. The first kappa shape index (κ1) is 18.7. The number of carbonyl (C=O) groups is 3. The third kappa shape index (κ3) is 4.28. The fourth-order valence-electron chi connectivity index (χ4n) is 3.53. The second kappa shape index (κ2) is 7.99. The van der Waals surface area contributed by atoms with Gasteiger partial charge in [0.25, 0.3) is 0 Å². The molecule has 2 aliphatic rings. The van der Waals surface area contributed by atoms with Crippen molar-refractivity contribution < 1.29 is 14.4 Å². The molecule has 2 fully saturated rings. The van der Waals surface area contributed by atoms with Gasteiger partial charge in [0.15, 0.2) is 0 Å². The molecule has 136 valence electrons. The van der Waals surface area contributed by atoms with Gasteiger partial charge in [0.05, 0.1) is 0 Å². The highest BCUT2D eigenvalue weighted by Gasteiger charge is 2.46. The van der Waals surface area contributed by atoms with Gasteiger partial charge in [0.2, 0.25) is 17.7 Å². The lowest BCUT2D eigenvalue weighted by Gasteiger charge is -2.34. The van der Waals surface area contributed by atoms with Crippen LogP contribution >= 0.6 is 0 Å². The van der Waals surface area contributed by atoms with Gasteiger partial charge in [-0.25, -0.2) is 0 Å². The van der Waals surface area contributed by atoms with Crippen molar-refractivity contribution in [2.24, 2.45) is 5.92 Å². The van der Waals surface area contributed by atoms with E-state index in [-0.39, 0.29) is 17.7 Å². The zero-order valence-electron chi connectivity index (χ0n) is 15.3. The lowest BCUT2D eigenvalue weighted by Crippen LogP contribution is -2.55. The molecule has 2 saturated heterocycles. The molecule has 0 bridgehead atoms. The Morgan fingerprint density at radius 3 is 2.58 bits per heavy atom. The average Bonchev–Trinajstić information content (AvgIpc) is 3.05. The van der Waals surface area contributed by atoms with Gasteiger partial charge >= 0.3 is 0 Å². The number of rotatable bonds is 8. The predicted molar refractivity (Wildman–Crippen MR) is 92.2 cm³/mol. The SMILES string of the molecule is CC(C)CCNC(=O)[C@]1(C)CCC(=O)N1CCCN1CCCC1=O. The van der Waals surface area contributed by atoms with Gasteiger partial charge in [0.1, 0.15) is 5.54 Å². The Bertz CT molecular complexity index is 492. The Morgan fingerprint density at radius 1 is 1.21 bits per heavy atom. The Kier molecular flexibility index (Phi) is 6.24. The number of hydrogen-bond donors (Lipinski definition) is 1. The normalized spacial score (nSPS) is 24.3. The van der Waals surface area contributed by atoms with Crippen LogP contribution in [0.25, 0.3) is 0 Å². The van der Waals surface area contributed by atoms with Crippen LogP contribution in [0.4, 0.5) is 0 Å². The standard InChI is InChI=1S/C18H31N3O3/c1-14(2)8-10-19-17(24)18(3)9-7-16(23)21(18)13-5-12-20-11-4-6-15(20)22/h14H,4-13H2,1-3H3,(H,19,24)/t18-/m0/s1. The van der Waals surface area contributed by atoms with Crippen LogP contribution < -0.4 is 5.32 Å². The van der Waals surface area contributed by atoms with Gasteiger partial charge in [-0.1, -0.05) is 13.8 Å². The first-order valence-corrected chi connectivity index (χ1v) is 9.21. The van der Waals surface area contributed by atoms with E-state index in [1.165, 1.54) is 0 Å². The highest BCUT2D eigenvalue weighted by molar-refractivity contribution is 5.94. The number of hydrogen-bond acceptors (Lipinski definition) is 3. The van der Waals surface area contributed by atoms with Crippen molar-refractivity contribution in [2.45, 2.75) is 64.8 Å². The second-order valence-corrected chi connectivity index (χ2v) is 7.60. The van der Waals surface area contributed by atoms with Crippen molar-refractivity contribution in [3.8, 4) is 0 Å². The number of amides is 3. The zero-order valence-corrected chi connectivity index (χ0v) is 15.3. The highest BCUT2D eigenvalue weighted by atomic mass is 16.2. The van der Waals surface area contributed by atoms with Gasteiger partial charge in [-0.15, -0.1) is 0 Å². The van der Waals surface area contributed by atoms with E-state index in [0.29, 0.717) is 44.8 Å². The monoisotopic (exact) mass is 337 g/mol. The molecule has 0 spiro atoms. The molecule has 0 aromatic carbocycles.